The highest BCUT2D eigenvalue weighted by molar-refractivity contribution is 5.85. The second-order valence-corrected chi connectivity index (χ2v) is 3.36. The van der Waals surface area contributed by atoms with Crippen LogP contribution < -0.4 is 0 Å². The summed E-state index contributed by atoms with van der Waals surface area (Å²) < 4.78 is 39.4. The van der Waals surface area contributed by atoms with Crippen LogP contribution in [-0.2, 0) is 12.7 Å². The minimum Gasteiger partial charge on any atom is -0.268 e. The van der Waals surface area contributed by atoms with E-state index in [0.29, 0.717) is 0 Å². The fourth-order valence-electron chi connectivity index (χ4n) is 1.50. The van der Waals surface area contributed by atoms with Gasteiger partial charge in [0, 0.05) is 12.4 Å². The first-order chi connectivity index (χ1) is 7.57. The molecule has 1 aromatic carbocycles. The maximum Gasteiger partial charge on any atom is 0.416 e. The highest BCUT2D eigenvalue weighted by Gasteiger charge is 2.32. The Bertz CT molecular complexity index is 466. The lowest BCUT2D eigenvalue weighted by molar-refractivity contribution is -0.138. The maximum atomic E-state index is 12.6. The molecule has 0 atom stereocenters. The number of halogens is 4. The van der Waals surface area contributed by atoms with Crippen molar-refractivity contribution in [1.82, 2.24) is 9.78 Å². The van der Waals surface area contributed by atoms with Gasteiger partial charge in [0.2, 0.25) is 0 Å². The topological polar surface area (TPSA) is 17.8 Å². The highest BCUT2D eigenvalue weighted by Crippen LogP contribution is 2.31. The van der Waals surface area contributed by atoms with Gasteiger partial charge in [-0.1, -0.05) is 18.2 Å². The van der Waals surface area contributed by atoms with Gasteiger partial charge in [-0.2, -0.15) is 18.3 Å². The summed E-state index contributed by atoms with van der Waals surface area (Å²) in [5.74, 6) is 0. The molecule has 0 saturated heterocycles. The first-order valence-corrected chi connectivity index (χ1v) is 4.70. The molecule has 2 rings (SSSR count). The van der Waals surface area contributed by atoms with Crippen LogP contribution >= 0.6 is 12.4 Å². The molecule has 2 nitrogen and oxygen atoms in total. The Kier molecular flexibility index (Phi) is 4.17. The van der Waals surface area contributed by atoms with Crippen LogP contribution in [0.5, 0.6) is 0 Å². The van der Waals surface area contributed by atoms with Crippen molar-refractivity contribution in [2.24, 2.45) is 0 Å². The Morgan fingerprint density at radius 3 is 2.41 bits per heavy atom. The predicted molar refractivity (Wildman–Crippen MR) is 60.0 cm³/mol. The largest absolute Gasteiger partial charge is 0.416 e. The molecule has 92 valence electrons. The van der Waals surface area contributed by atoms with Crippen molar-refractivity contribution < 1.29 is 13.2 Å². The average Bonchev–Trinajstić information content (AvgIpc) is 2.70. The second-order valence-electron chi connectivity index (χ2n) is 3.36. The van der Waals surface area contributed by atoms with Gasteiger partial charge >= 0.3 is 6.18 Å². The molecule has 0 radical (unpaired) electrons. The Hall–Kier alpha value is -1.49. The number of alkyl halides is 3. The molecule has 0 aliphatic heterocycles. The quantitative estimate of drug-likeness (QED) is 0.811. The zero-order chi connectivity index (χ0) is 11.6. The summed E-state index contributed by atoms with van der Waals surface area (Å²) in [5.41, 5.74) is -0.385. The van der Waals surface area contributed by atoms with Gasteiger partial charge in [-0.3, -0.25) is 4.68 Å². The van der Waals surface area contributed by atoms with Crippen LogP contribution in [-0.4, -0.2) is 9.78 Å². The van der Waals surface area contributed by atoms with Crippen LogP contribution in [0.15, 0.2) is 42.7 Å². The summed E-state index contributed by atoms with van der Waals surface area (Å²) in [6.07, 6.45) is -1.15. The maximum absolute atomic E-state index is 12.6. The van der Waals surface area contributed by atoms with Crippen LogP contribution in [0.1, 0.15) is 11.1 Å². The van der Waals surface area contributed by atoms with E-state index in [1.54, 1.807) is 18.3 Å². The van der Waals surface area contributed by atoms with Crippen LogP contribution in [0.2, 0.25) is 0 Å². The molecule has 6 heteroatoms. The number of hydrogen-bond donors (Lipinski definition) is 0. The molecule has 0 amide bonds. The Morgan fingerprint density at radius 1 is 1.12 bits per heavy atom. The monoisotopic (exact) mass is 262 g/mol. The van der Waals surface area contributed by atoms with Gasteiger partial charge in [0.25, 0.3) is 0 Å². The van der Waals surface area contributed by atoms with Crippen molar-refractivity contribution in [1.29, 1.82) is 0 Å². The fourth-order valence-corrected chi connectivity index (χ4v) is 1.50. The van der Waals surface area contributed by atoms with Gasteiger partial charge in [-0.05, 0) is 17.7 Å². The third-order valence-corrected chi connectivity index (χ3v) is 2.21. The molecule has 1 aromatic heterocycles. The van der Waals surface area contributed by atoms with E-state index in [0.717, 1.165) is 6.07 Å². The van der Waals surface area contributed by atoms with E-state index in [4.69, 9.17) is 0 Å². The van der Waals surface area contributed by atoms with Crippen molar-refractivity contribution in [2.75, 3.05) is 0 Å². The van der Waals surface area contributed by atoms with Crippen LogP contribution in [0.3, 0.4) is 0 Å². The number of aromatic nitrogens is 2. The number of nitrogens with zero attached hydrogens (tertiary/aromatic N) is 2. The molecule has 0 spiro atoms. The molecule has 1 heterocycles. The van der Waals surface area contributed by atoms with E-state index >= 15 is 0 Å². The van der Waals surface area contributed by atoms with Gasteiger partial charge in [-0.15, -0.1) is 12.4 Å². The standard InChI is InChI=1S/C11H9F3N2.ClH/c12-11(13,14)10-5-2-1-4-9(10)8-16-7-3-6-15-16;/h1-7H,8H2;1H. The molecule has 0 saturated carbocycles. The second kappa shape index (κ2) is 5.23. The summed E-state index contributed by atoms with van der Waals surface area (Å²) in [7, 11) is 0. The van der Waals surface area contributed by atoms with Crippen LogP contribution in [0, 0.1) is 0 Å². The van der Waals surface area contributed by atoms with Crippen LogP contribution in [0.4, 0.5) is 13.2 Å². The summed E-state index contributed by atoms with van der Waals surface area (Å²) in [4.78, 5) is 0. The van der Waals surface area contributed by atoms with Crippen molar-refractivity contribution in [3.8, 4) is 0 Å². The summed E-state index contributed by atoms with van der Waals surface area (Å²) >= 11 is 0. The van der Waals surface area contributed by atoms with E-state index in [1.807, 2.05) is 0 Å². The molecule has 0 fully saturated rings. The molecular formula is C11H10ClF3N2. The summed E-state index contributed by atoms with van der Waals surface area (Å²) in [6, 6.07) is 7.20. The fraction of sp³-hybridized carbons (Fsp3) is 0.182. The molecule has 0 bridgehead atoms. The minimum atomic E-state index is -4.32. The number of hydrogen-bond acceptors (Lipinski definition) is 1. The normalized spacial score (nSPS) is 11.0. The Balaban J connectivity index is 0.00000144. The van der Waals surface area contributed by atoms with E-state index in [1.165, 1.54) is 23.0 Å². The van der Waals surface area contributed by atoms with Crippen molar-refractivity contribution in [2.45, 2.75) is 12.7 Å². The van der Waals surface area contributed by atoms with Gasteiger partial charge in [0.05, 0.1) is 12.1 Å². The zero-order valence-electron chi connectivity index (χ0n) is 8.69. The Morgan fingerprint density at radius 2 is 1.82 bits per heavy atom. The molecule has 2 aromatic rings. The van der Waals surface area contributed by atoms with E-state index in [-0.39, 0.29) is 24.5 Å². The molecule has 0 aliphatic rings. The van der Waals surface area contributed by atoms with Crippen molar-refractivity contribution >= 4 is 12.4 Å². The SMILES string of the molecule is Cl.FC(F)(F)c1ccccc1Cn1cccn1. The minimum absolute atomic E-state index is 0. The van der Waals surface area contributed by atoms with Gasteiger partial charge in [0.15, 0.2) is 0 Å². The smallest absolute Gasteiger partial charge is 0.268 e. The molecule has 0 aliphatic carbocycles. The molecule has 0 unspecified atom stereocenters. The number of benzene rings is 1. The van der Waals surface area contributed by atoms with E-state index in [2.05, 4.69) is 5.10 Å². The lowest BCUT2D eigenvalue weighted by Gasteiger charge is -2.12. The first-order valence-electron chi connectivity index (χ1n) is 4.70. The molecular weight excluding hydrogens is 253 g/mol. The lowest BCUT2D eigenvalue weighted by Crippen LogP contribution is -2.11. The van der Waals surface area contributed by atoms with E-state index in [9.17, 15) is 13.2 Å². The van der Waals surface area contributed by atoms with E-state index < -0.39 is 11.7 Å². The predicted octanol–water partition coefficient (Wildman–Crippen LogP) is 3.37. The number of rotatable bonds is 2. The molecule has 17 heavy (non-hydrogen) atoms. The summed E-state index contributed by atoms with van der Waals surface area (Å²) in [5, 5.41) is 3.88. The third kappa shape index (κ3) is 3.23. The zero-order valence-corrected chi connectivity index (χ0v) is 9.50. The molecule has 0 N–H and O–H groups in total. The van der Waals surface area contributed by atoms with Gasteiger partial charge in [0.1, 0.15) is 0 Å². The van der Waals surface area contributed by atoms with Gasteiger partial charge in [-0.25, -0.2) is 0 Å². The Labute approximate surface area is 102 Å². The van der Waals surface area contributed by atoms with Crippen molar-refractivity contribution in [3.63, 3.8) is 0 Å². The summed E-state index contributed by atoms with van der Waals surface area (Å²) in [6.45, 7) is 0.128. The van der Waals surface area contributed by atoms with Crippen molar-refractivity contribution in [3.05, 3.63) is 53.9 Å². The average molecular weight is 263 g/mol. The van der Waals surface area contributed by atoms with Gasteiger partial charge < -0.3 is 0 Å². The lowest BCUT2D eigenvalue weighted by atomic mass is 10.1. The third-order valence-electron chi connectivity index (χ3n) is 2.21. The highest BCUT2D eigenvalue weighted by atomic mass is 35.5. The van der Waals surface area contributed by atoms with Crippen LogP contribution in [0.25, 0.3) is 0 Å². The first kappa shape index (κ1) is 13.6.